The topological polar surface area (TPSA) is 14.8 Å². The van der Waals surface area contributed by atoms with Gasteiger partial charge >= 0.3 is 0 Å². The van der Waals surface area contributed by atoms with Gasteiger partial charge in [0.1, 0.15) is 0 Å². The van der Waals surface area contributed by atoms with Gasteiger partial charge in [0, 0.05) is 54.9 Å². The van der Waals surface area contributed by atoms with Crippen molar-refractivity contribution in [3.05, 3.63) is 273 Å². The van der Waals surface area contributed by atoms with E-state index in [-0.39, 0.29) is 0 Å². The second-order valence-electron chi connectivity index (χ2n) is 18.4. The predicted octanol–water partition coefficient (Wildman–Crippen LogP) is 14.0. The van der Waals surface area contributed by atoms with Crippen molar-refractivity contribution in [1.82, 2.24) is 13.7 Å². The second-order valence-corrected chi connectivity index (χ2v) is 22.2. The first-order valence-corrected chi connectivity index (χ1v) is 26.2. The molecule has 0 amide bonds. The van der Waals surface area contributed by atoms with Gasteiger partial charge in [0.15, 0.2) is 8.07 Å². The normalized spacial score (nSPS) is 12.0. The summed E-state index contributed by atoms with van der Waals surface area (Å²) >= 11 is 0. The molecule has 3 heterocycles. The highest BCUT2D eigenvalue weighted by Gasteiger charge is 2.41. The van der Waals surface area contributed by atoms with Crippen LogP contribution in [0.25, 0.3) is 93.6 Å². The fraction of sp³-hybridized carbons (Fsp3) is 0. The van der Waals surface area contributed by atoms with Gasteiger partial charge in [-0.1, -0.05) is 212 Å². The van der Waals surface area contributed by atoms with E-state index in [0.29, 0.717) is 0 Å². The molecule has 0 spiro atoms. The molecule has 3 nitrogen and oxygen atoms in total. The second kappa shape index (κ2) is 16.1. The maximum atomic E-state index is 2.52. The minimum Gasteiger partial charge on any atom is -0.309 e. The van der Waals surface area contributed by atoms with E-state index in [4.69, 9.17) is 0 Å². The molecule has 328 valence electrons. The molecule has 14 rings (SSSR count). The SMILES string of the molecule is c1ccc(-n2c3ccccc3c3c(-c4cccc5c6ccccc6n(-c6ccc7c8ccccc8n(-c8cccc([Si](c9ccccc9)(c9ccccc9)c9ccccc9)c8)c7c6)c45)cccc32)cc1. The van der Waals surface area contributed by atoms with Gasteiger partial charge in [-0.2, -0.15) is 0 Å². The largest absolute Gasteiger partial charge is 0.309 e. The summed E-state index contributed by atoms with van der Waals surface area (Å²) in [5.41, 5.74) is 12.9. The Morgan fingerprint density at radius 1 is 0.229 bits per heavy atom. The zero-order chi connectivity index (χ0) is 46.2. The predicted molar refractivity (Wildman–Crippen MR) is 299 cm³/mol. The molecule has 0 unspecified atom stereocenters. The van der Waals surface area contributed by atoms with Gasteiger partial charge in [-0.15, -0.1) is 0 Å². The van der Waals surface area contributed by atoms with Gasteiger partial charge in [-0.05, 0) is 87.0 Å². The summed E-state index contributed by atoms with van der Waals surface area (Å²) < 4.78 is 7.44. The highest BCUT2D eigenvalue weighted by atomic mass is 28.3. The minimum absolute atomic E-state index is 1.12. The number of benzene rings is 11. The van der Waals surface area contributed by atoms with E-state index in [1.54, 1.807) is 0 Å². The van der Waals surface area contributed by atoms with Gasteiger partial charge < -0.3 is 13.7 Å². The van der Waals surface area contributed by atoms with Crippen LogP contribution in [0.1, 0.15) is 0 Å². The highest BCUT2D eigenvalue weighted by molar-refractivity contribution is 7.19. The first-order chi connectivity index (χ1) is 34.8. The van der Waals surface area contributed by atoms with Crippen molar-refractivity contribution in [2.24, 2.45) is 0 Å². The van der Waals surface area contributed by atoms with Crippen molar-refractivity contribution < 1.29 is 0 Å². The fourth-order valence-corrected chi connectivity index (χ4v) is 16.7. The molecule has 0 atom stereocenters. The molecule has 0 N–H and O–H groups in total. The summed E-state index contributed by atoms with van der Waals surface area (Å²) in [5, 5.41) is 12.8. The minimum atomic E-state index is -2.81. The molecule has 14 aromatic rings. The standard InChI is InChI=1S/C66H45N3Si/c1-5-22-46(23-6-1)67-62-40-18-15-34-59(62)65-56(35-21-41-63(65)67)58-37-20-36-57-54-33-14-17-39-61(54)69(66(57)58)48-42-43-55-53-32-13-16-38-60(53)68(64(55)45-48)47-24-19-31-52(44-47)70(49-25-7-2-8-26-49,50-27-9-3-10-28-50)51-29-11-4-12-30-51/h1-45H. The molecule has 0 aliphatic rings. The fourth-order valence-electron chi connectivity index (χ4n) is 11.9. The molecule has 0 bridgehead atoms. The van der Waals surface area contributed by atoms with Crippen molar-refractivity contribution in [2.45, 2.75) is 0 Å². The van der Waals surface area contributed by atoms with Gasteiger partial charge in [0.05, 0.1) is 33.1 Å². The molecule has 70 heavy (non-hydrogen) atoms. The van der Waals surface area contributed by atoms with Crippen molar-refractivity contribution in [3.8, 4) is 28.2 Å². The number of hydrogen-bond donors (Lipinski definition) is 0. The van der Waals surface area contributed by atoms with Gasteiger partial charge in [-0.3, -0.25) is 0 Å². The smallest absolute Gasteiger partial charge is 0.179 e. The monoisotopic (exact) mass is 907 g/mol. The van der Waals surface area contributed by atoms with Crippen molar-refractivity contribution in [3.63, 3.8) is 0 Å². The Labute approximate surface area is 407 Å². The van der Waals surface area contributed by atoms with Crippen LogP contribution in [0.3, 0.4) is 0 Å². The van der Waals surface area contributed by atoms with E-state index in [9.17, 15) is 0 Å². The van der Waals surface area contributed by atoms with E-state index in [1.165, 1.54) is 97.3 Å². The molecular weight excluding hydrogens is 863 g/mol. The summed E-state index contributed by atoms with van der Waals surface area (Å²) in [4.78, 5) is 0. The summed E-state index contributed by atoms with van der Waals surface area (Å²) in [6.07, 6.45) is 0. The van der Waals surface area contributed by atoms with E-state index in [0.717, 1.165) is 17.1 Å². The van der Waals surface area contributed by atoms with Crippen LogP contribution in [0.2, 0.25) is 0 Å². The third-order valence-corrected chi connectivity index (χ3v) is 19.5. The Hall–Kier alpha value is -8.96. The number of rotatable bonds is 8. The van der Waals surface area contributed by atoms with E-state index in [2.05, 4.69) is 287 Å². The van der Waals surface area contributed by atoms with Crippen LogP contribution in [0, 0.1) is 0 Å². The molecule has 0 aliphatic heterocycles. The lowest BCUT2D eigenvalue weighted by atomic mass is 9.97. The average Bonchev–Trinajstić information content (AvgIpc) is 4.08. The van der Waals surface area contributed by atoms with Gasteiger partial charge in [0.25, 0.3) is 0 Å². The van der Waals surface area contributed by atoms with Crippen molar-refractivity contribution >= 4 is 94.2 Å². The lowest BCUT2D eigenvalue weighted by molar-refractivity contribution is 1.16. The lowest BCUT2D eigenvalue weighted by Gasteiger charge is -2.34. The maximum absolute atomic E-state index is 2.81. The van der Waals surface area contributed by atoms with Gasteiger partial charge in [0.2, 0.25) is 0 Å². The van der Waals surface area contributed by atoms with Crippen LogP contribution < -0.4 is 20.7 Å². The number of hydrogen-bond acceptors (Lipinski definition) is 0. The number of nitrogens with zero attached hydrogens (tertiary/aromatic N) is 3. The maximum Gasteiger partial charge on any atom is 0.179 e. The zero-order valence-corrected chi connectivity index (χ0v) is 39.3. The molecule has 11 aromatic carbocycles. The Morgan fingerprint density at radius 2 is 0.643 bits per heavy atom. The van der Waals surface area contributed by atoms with Crippen LogP contribution in [-0.2, 0) is 0 Å². The first-order valence-electron chi connectivity index (χ1n) is 24.2. The van der Waals surface area contributed by atoms with E-state index >= 15 is 0 Å². The van der Waals surface area contributed by atoms with Crippen LogP contribution in [0.4, 0.5) is 0 Å². The quantitative estimate of drug-likeness (QED) is 0.107. The van der Waals surface area contributed by atoms with Crippen LogP contribution in [0.5, 0.6) is 0 Å². The summed E-state index contributed by atoms with van der Waals surface area (Å²) in [7, 11) is -2.81. The Balaban J connectivity index is 1.03. The third-order valence-electron chi connectivity index (χ3n) is 14.8. The van der Waals surface area contributed by atoms with Crippen molar-refractivity contribution in [1.29, 1.82) is 0 Å². The van der Waals surface area contributed by atoms with E-state index < -0.39 is 8.07 Å². The summed E-state index contributed by atoms with van der Waals surface area (Å²) in [5.74, 6) is 0. The Bertz CT molecular complexity index is 4180. The number of aromatic nitrogens is 3. The third kappa shape index (κ3) is 5.94. The number of fused-ring (bicyclic) bond motifs is 9. The van der Waals surface area contributed by atoms with Crippen LogP contribution in [-0.4, -0.2) is 21.8 Å². The summed E-state index contributed by atoms with van der Waals surface area (Å²) in [6.45, 7) is 0. The molecule has 0 aliphatic carbocycles. The number of para-hydroxylation sites is 5. The molecular formula is C66H45N3Si. The Morgan fingerprint density at radius 3 is 1.30 bits per heavy atom. The van der Waals surface area contributed by atoms with Crippen LogP contribution >= 0.6 is 0 Å². The first kappa shape index (κ1) is 40.1. The molecule has 0 saturated heterocycles. The molecule has 4 heteroatoms. The lowest BCUT2D eigenvalue weighted by Crippen LogP contribution is -2.74. The molecule has 0 fully saturated rings. The molecule has 3 aromatic heterocycles. The van der Waals surface area contributed by atoms with E-state index in [1.807, 2.05) is 0 Å². The molecule has 0 saturated carbocycles. The summed E-state index contributed by atoms with van der Waals surface area (Å²) in [6, 6.07) is 101. The molecule has 0 radical (unpaired) electrons. The van der Waals surface area contributed by atoms with Crippen LogP contribution in [0.15, 0.2) is 273 Å². The zero-order valence-electron chi connectivity index (χ0n) is 38.3. The van der Waals surface area contributed by atoms with Gasteiger partial charge in [-0.25, -0.2) is 0 Å². The highest BCUT2D eigenvalue weighted by Crippen LogP contribution is 2.44. The average molecular weight is 908 g/mol. The van der Waals surface area contributed by atoms with Crippen molar-refractivity contribution in [2.75, 3.05) is 0 Å². The Kier molecular flexibility index (Phi) is 9.23.